The van der Waals surface area contributed by atoms with Gasteiger partial charge in [0.2, 0.25) is 5.91 Å². The van der Waals surface area contributed by atoms with Gasteiger partial charge in [0.1, 0.15) is 6.04 Å². The Morgan fingerprint density at radius 3 is 2.72 bits per heavy atom. The van der Waals surface area contributed by atoms with Crippen molar-refractivity contribution in [2.75, 3.05) is 13.7 Å². The van der Waals surface area contributed by atoms with E-state index in [-0.39, 0.29) is 18.9 Å². The molecule has 2 atom stereocenters. The number of hydrogen-bond donors (Lipinski definition) is 1. The molecule has 0 aromatic rings. The van der Waals surface area contributed by atoms with Crippen molar-refractivity contribution in [2.45, 2.75) is 32.2 Å². The lowest BCUT2D eigenvalue weighted by Gasteiger charge is -2.25. The molecule has 0 aromatic carbocycles. The molecule has 1 saturated heterocycles. The number of amides is 1. The normalized spacial score (nSPS) is 20.7. The Balaban J connectivity index is 2.77. The summed E-state index contributed by atoms with van der Waals surface area (Å²) in [6, 6.07) is -0.720. The van der Waals surface area contributed by atoms with Gasteiger partial charge in [-0.25, -0.2) is 4.79 Å². The van der Waals surface area contributed by atoms with Gasteiger partial charge >= 0.3 is 11.9 Å². The van der Waals surface area contributed by atoms with E-state index in [1.165, 1.54) is 12.0 Å². The smallest absolute Gasteiger partial charge is 0.347 e. The van der Waals surface area contributed by atoms with Crippen molar-refractivity contribution < 1.29 is 24.0 Å². The molecular formula is C11H18N2O5. The highest BCUT2D eigenvalue weighted by atomic mass is 16.7. The maximum Gasteiger partial charge on any atom is 0.347 e. The fourth-order valence-corrected chi connectivity index (χ4v) is 2.11. The van der Waals surface area contributed by atoms with Crippen molar-refractivity contribution in [3.8, 4) is 0 Å². The molecule has 0 aliphatic carbocycles. The lowest BCUT2D eigenvalue weighted by Crippen LogP contribution is -2.44. The number of carbonyl (C=O) groups is 3. The molecule has 0 spiro atoms. The van der Waals surface area contributed by atoms with Gasteiger partial charge in [-0.3, -0.25) is 9.59 Å². The van der Waals surface area contributed by atoms with Crippen molar-refractivity contribution in [1.82, 2.24) is 4.90 Å². The molecule has 1 unspecified atom stereocenters. The van der Waals surface area contributed by atoms with Gasteiger partial charge in [-0.2, -0.15) is 5.90 Å². The molecule has 1 fully saturated rings. The fourth-order valence-electron chi connectivity index (χ4n) is 2.11. The molecule has 1 rings (SSSR count). The zero-order valence-electron chi connectivity index (χ0n) is 10.5. The average molecular weight is 258 g/mol. The highest BCUT2D eigenvalue weighted by molar-refractivity contribution is 5.90. The Labute approximate surface area is 105 Å². The van der Waals surface area contributed by atoms with E-state index in [1.54, 1.807) is 0 Å². The third-order valence-corrected chi connectivity index (χ3v) is 3.02. The SMILES string of the molecule is CCC[C@@H](C(=O)ON)N1CC(C(=O)OC)CC1=O. The second-order valence-electron chi connectivity index (χ2n) is 4.21. The number of ether oxygens (including phenoxy) is 1. The van der Waals surface area contributed by atoms with Crippen molar-refractivity contribution in [1.29, 1.82) is 0 Å². The summed E-state index contributed by atoms with van der Waals surface area (Å²) in [6.07, 6.45) is 1.22. The van der Waals surface area contributed by atoms with E-state index in [0.29, 0.717) is 12.8 Å². The second-order valence-corrected chi connectivity index (χ2v) is 4.21. The minimum atomic E-state index is -0.720. The van der Waals surface area contributed by atoms with Gasteiger partial charge in [0.25, 0.3) is 0 Å². The molecule has 1 aliphatic rings. The van der Waals surface area contributed by atoms with Gasteiger partial charge in [0, 0.05) is 13.0 Å². The quantitative estimate of drug-likeness (QED) is 0.532. The minimum absolute atomic E-state index is 0.0603. The van der Waals surface area contributed by atoms with E-state index >= 15 is 0 Å². The molecule has 1 amide bonds. The molecule has 7 nitrogen and oxygen atoms in total. The Morgan fingerprint density at radius 1 is 1.56 bits per heavy atom. The number of esters is 1. The van der Waals surface area contributed by atoms with Crippen molar-refractivity contribution >= 4 is 17.8 Å². The van der Waals surface area contributed by atoms with E-state index in [0.717, 1.165) is 0 Å². The van der Waals surface area contributed by atoms with Crippen LogP contribution >= 0.6 is 0 Å². The first-order valence-corrected chi connectivity index (χ1v) is 5.83. The zero-order chi connectivity index (χ0) is 13.7. The van der Waals surface area contributed by atoms with E-state index in [2.05, 4.69) is 9.57 Å². The lowest BCUT2D eigenvalue weighted by atomic mass is 10.1. The Kier molecular flexibility index (Phi) is 5.08. The van der Waals surface area contributed by atoms with Gasteiger partial charge in [-0.15, -0.1) is 0 Å². The number of hydrogen-bond acceptors (Lipinski definition) is 6. The van der Waals surface area contributed by atoms with Crippen LogP contribution < -0.4 is 5.90 Å². The highest BCUT2D eigenvalue weighted by Crippen LogP contribution is 2.23. The monoisotopic (exact) mass is 258 g/mol. The maximum absolute atomic E-state index is 11.8. The van der Waals surface area contributed by atoms with Gasteiger partial charge in [-0.05, 0) is 6.42 Å². The summed E-state index contributed by atoms with van der Waals surface area (Å²) in [4.78, 5) is 40.3. The van der Waals surface area contributed by atoms with Gasteiger partial charge in [0.05, 0.1) is 13.0 Å². The summed E-state index contributed by atoms with van der Waals surface area (Å²) < 4.78 is 4.60. The zero-order valence-corrected chi connectivity index (χ0v) is 10.5. The molecule has 0 saturated carbocycles. The third kappa shape index (κ3) is 2.98. The highest BCUT2D eigenvalue weighted by Gasteiger charge is 2.41. The predicted octanol–water partition coefficient (Wildman–Crippen LogP) is -0.406. The van der Waals surface area contributed by atoms with Gasteiger partial charge < -0.3 is 14.5 Å². The molecule has 1 aliphatic heterocycles. The van der Waals surface area contributed by atoms with Crippen LogP contribution in [-0.4, -0.2) is 42.4 Å². The minimum Gasteiger partial charge on any atom is -0.469 e. The molecule has 7 heteroatoms. The molecule has 18 heavy (non-hydrogen) atoms. The molecule has 1 heterocycles. The van der Waals surface area contributed by atoms with Crippen LogP contribution in [-0.2, 0) is 24.0 Å². The van der Waals surface area contributed by atoms with Gasteiger partial charge in [0.15, 0.2) is 0 Å². The molecule has 0 aromatic heterocycles. The summed E-state index contributed by atoms with van der Waals surface area (Å²) >= 11 is 0. The van der Waals surface area contributed by atoms with E-state index in [4.69, 9.17) is 5.90 Å². The number of rotatable bonds is 5. The van der Waals surface area contributed by atoms with E-state index < -0.39 is 23.9 Å². The number of likely N-dealkylation sites (tertiary alicyclic amines) is 1. The second kappa shape index (κ2) is 6.34. The molecule has 0 radical (unpaired) electrons. The molecule has 0 bridgehead atoms. The summed E-state index contributed by atoms with van der Waals surface area (Å²) in [6.45, 7) is 2.06. The van der Waals surface area contributed by atoms with Gasteiger partial charge in [-0.1, -0.05) is 13.3 Å². The molecule has 2 N–H and O–H groups in total. The summed E-state index contributed by atoms with van der Waals surface area (Å²) in [5.74, 6) is 2.98. The Bertz CT molecular complexity index is 344. The van der Waals surface area contributed by atoms with E-state index in [1.807, 2.05) is 6.92 Å². The van der Waals surface area contributed by atoms with Crippen LogP contribution in [0.25, 0.3) is 0 Å². The van der Waals surface area contributed by atoms with Crippen LogP contribution in [0.5, 0.6) is 0 Å². The van der Waals surface area contributed by atoms with Crippen LogP contribution in [0, 0.1) is 5.92 Å². The number of nitrogens with two attached hydrogens (primary N) is 1. The molecule has 102 valence electrons. The van der Waals surface area contributed by atoms with Crippen LogP contribution in [0.1, 0.15) is 26.2 Å². The largest absolute Gasteiger partial charge is 0.469 e. The summed E-state index contributed by atoms with van der Waals surface area (Å²) in [5.41, 5.74) is 0. The van der Waals surface area contributed by atoms with Crippen LogP contribution in [0.15, 0.2) is 0 Å². The third-order valence-electron chi connectivity index (χ3n) is 3.02. The first-order valence-electron chi connectivity index (χ1n) is 5.83. The predicted molar refractivity (Wildman–Crippen MR) is 60.8 cm³/mol. The standard InChI is InChI=1S/C11H18N2O5/c1-3-4-8(11(16)18-12)13-6-7(5-9(13)14)10(15)17-2/h7-8H,3-6,12H2,1-2H3/t7?,8-/m0/s1. The van der Waals surface area contributed by atoms with Crippen LogP contribution in [0.3, 0.4) is 0 Å². The Hall–Kier alpha value is -1.63. The Morgan fingerprint density at radius 2 is 2.22 bits per heavy atom. The fraction of sp³-hybridized carbons (Fsp3) is 0.727. The van der Waals surface area contributed by atoms with Crippen molar-refractivity contribution in [3.63, 3.8) is 0 Å². The van der Waals surface area contributed by atoms with Crippen molar-refractivity contribution in [3.05, 3.63) is 0 Å². The summed E-state index contributed by atoms with van der Waals surface area (Å²) in [5, 5.41) is 0. The first-order chi connectivity index (χ1) is 8.54. The number of carbonyl (C=O) groups excluding carboxylic acids is 3. The van der Waals surface area contributed by atoms with Crippen LogP contribution in [0.4, 0.5) is 0 Å². The summed E-state index contributed by atoms with van der Waals surface area (Å²) in [7, 11) is 1.27. The van der Waals surface area contributed by atoms with E-state index in [9.17, 15) is 14.4 Å². The number of methoxy groups -OCH3 is 1. The lowest BCUT2D eigenvalue weighted by molar-refractivity contribution is -0.154. The first kappa shape index (κ1) is 14.4. The molecular weight excluding hydrogens is 240 g/mol. The van der Waals surface area contributed by atoms with Crippen molar-refractivity contribution in [2.24, 2.45) is 11.8 Å². The topological polar surface area (TPSA) is 98.9 Å². The number of nitrogens with zero attached hydrogens (tertiary/aromatic N) is 1. The van der Waals surface area contributed by atoms with Crippen LogP contribution in [0.2, 0.25) is 0 Å². The average Bonchev–Trinajstić information content (AvgIpc) is 2.76. The maximum atomic E-state index is 11.8.